The van der Waals surface area contributed by atoms with E-state index in [0.29, 0.717) is 0 Å². The van der Waals surface area contributed by atoms with Gasteiger partial charge in [0, 0.05) is 39.3 Å². The van der Waals surface area contributed by atoms with Gasteiger partial charge in [0.05, 0.1) is 17.1 Å². The molecule has 0 aromatic heterocycles. The van der Waals surface area contributed by atoms with Crippen molar-refractivity contribution < 1.29 is 9.47 Å². The molecule has 3 heteroatoms. The lowest BCUT2D eigenvalue weighted by Gasteiger charge is -2.31. The Balaban J connectivity index is 1.25. The van der Waals surface area contributed by atoms with E-state index in [2.05, 4.69) is 163 Å². The zero-order valence-electron chi connectivity index (χ0n) is 25.7. The summed E-state index contributed by atoms with van der Waals surface area (Å²) in [6.45, 7) is 0. The number of hydrogen-bond donors (Lipinski definition) is 0. The highest BCUT2D eigenvalue weighted by Gasteiger charge is 2.38. The van der Waals surface area contributed by atoms with E-state index in [0.717, 1.165) is 57.1 Å². The smallest absolute Gasteiger partial charge is 0.148 e. The maximum absolute atomic E-state index is 6.83. The average Bonchev–Trinajstić information content (AvgIpc) is 3.70. The molecule has 0 saturated carbocycles. The highest BCUT2D eigenvalue weighted by Crippen LogP contribution is 2.56. The summed E-state index contributed by atoms with van der Waals surface area (Å²) in [5.41, 5.74) is 10.6. The summed E-state index contributed by atoms with van der Waals surface area (Å²) in [5, 5.41) is 2.26. The number of allylic oxidation sites excluding steroid dienone is 3. The SMILES string of the molecule is C1=CC2Oc3c(cccc3N(c3ccccc3-c3ccccc3)c3cc4c(c5ccccc35)OC3=Cc5ccccc5CC34)C2C=C1. The van der Waals surface area contributed by atoms with Crippen LogP contribution >= 0.6 is 0 Å². The Kier molecular flexibility index (Phi) is 5.83. The molecule has 2 heterocycles. The third-order valence-corrected chi connectivity index (χ3v) is 10.2. The summed E-state index contributed by atoms with van der Waals surface area (Å²) < 4.78 is 13.6. The molecule has 0 bridgehead atoms. The Bertz CT molecular complexity index is 2310. The fourth-order valence-electron chi connectivity index (χ4n) is 7.97. The summed E-state index contributed by atoms with van der Waals surface area (Å²) in [5.74, 6) is 3.30. The first kappa shape index (κ1) is 26.4. The van der Waals surface area contributed by atoms with E-state index in [4.69, 9.17) is 9.47 Å². The van der Waals surface area contributed by atoms with E-state index < -0.39 is 0 Å². The minimum absolute atomic E-state index is 0.0115. The second-order valence-electron chi connectivity index (χ2n) is 12.8. The van der Waals surface area contributed by atoms with Crippen LogP contribution in [0.15, 0.2) is 157 Å². The van der Waals surface area contributed by atoms with Gasteiger partial charge in [-0.15, -0.1) is 0 Å². The van der Waals surface area contributed by atoms with E-state index >= 15 is 0 Å². The van der Waals surface area contributed by atoms with Gasteiger partial charge in [0.2, 0.25) is 0 Å². The molecule has 2 aliphatic carbocycles. The van der Waals surface area contributed by atoms with Crippen LogP contribution < -0.4 is 14.4 Å². The van der Waals surface area contributed by atoms with Crippen LogP contribution in [0, 0.1) is 0 Å². The molecule has 10 rings (SSSR count). The summed E-state index contributed by atoms with van der Waals surface area (Å²) in [7, 11) is 0. The second-order valence-corrected chi connectivity index (χ2v) is 12.8. The first-order valence-electron chi connectivity index (χ1n) is 16.4. The second kappa shape index (κ2) is 10.4. The van der Waals surface area contributed by atoms with Crippen LogP contribution in [-0.2, 0) is 6.42 Å². The third kappa shape index (κ3) is 4.06. The summed E-state index contributed by atoms with van der Waals surface area (Å²) in [6.07, 6.45) is 11.8. The van der Waals surface area contributed by atoms with Crippen molar-refractivity contribution in [2.75, 3.05) is 4.90 Å². The lowest BCUT2D eigenvalue weighted by Crippen LogP contribution is -2.16. The van der Waals surface area contributed by atoms with Crippen LogP contribution in [0.5, 0.6) is 11.5 Å². The van der Waals surface area contributed by atoms with Crippen molar-refractivity contribution in [1.82, 2.24) is 0 Å². The van der Waals surface area contributed by atoms with Gasteiger partial charge in [0.1, 0.15) is 23.4 Å². The lowest BCUT2D eigenvalue weighted by atomic mass is 9.84. The Labute approximate surface area is 274 Å². The number of para-hydroxylation sites is 2. The third-order valence-electron chi connectivity index (χ3n) is 10.2. The van der Waals surface area contributed by atoms with Crippen LogP contribution in [0.3, 0.4) is 0 Å². The zero-order chi connectivity index (χ0) is 30.9. The fourth-order valence-corrected chi connectivity index (χ4v) is 7.97. The highest BCUT2D eigenvalue weighted by atomic mass is 16.5. The average molecular weight is 606 g/mol. The number of hydrogen-bond acceptors (Lipinski definition) is 3. The van der Waals surface area contributed by atoms with Gasteiger partial charge < -0.3 is 14.4 Å². The van der Waals surface area contributed by atoms with Crippen LogP contribution in [0.2, 0.25) is 0 Å². The number of benzene rings is 6. The predicted molar refractivity (Wildman–Crippen MR) is 191 cm³/mol. The molecule has 0 radical (unpaired) electrons. The van der Waals surface area contributed by atoms with Crippen molar-refractivity contribution in [3.05, 3.63) is 180 Å². The molecule has 0 spiro atoms. The van der Waals surface area contributed by atoms with E-state index in [1.807, 2.05) is 0 Å². The van der Waals surface area contributed by atoms with E-state index in [9.17, 15) is 0 Å². The number of fused-ring (bicyclic) bond motifs is 9. The minimum Gasteiger partial charge on any atom is -0.483 e. The molecular formula is C44H31NO2. The maximum atomic E-state index is 6.83. The summed E-state index contributed by atoms with van der Waals surface area (Å²) >= 11 is 0. The monoisotopic (exact) mass is 605 g/mol. The topological polar surface area (TPSA) is 21.7 Å². The molecule has 47 heavy (non-hydrogen) atoms. The van der Waals surface area contributed by atoms with E-state index in [1.165, 1.54) is 27.8 Å². The number of ether oxygens (including phenoxy) is 2. The fraction of sp³-hybridized carbons (Fsp3) is 0.0909. The van der Waals surface area contributed by atoms with Gasteiger partial charge in [-0.3, -0.25) is 0 Å². The molecule has 0 saturated heterocycles. The van der Waals surface area contributed by atoms with Crippen molar-refractivity contribution in [3.63, 3.8) is 0 Å². The maximum Gasteiger partial charge on any atom is 0.148 e. The molecule has 6 aromatic carbocycles. The zero-order valence-corrected chi connectivity index (χ0v) is 25.7. The standard InChI is InChI=1S/C44H31NO2/c1-2-13-28(14-3-1)31-17-8-10-22-38(31)45(39-23-12-21-35-33-19-9-11-24-41(33)46-44(35)39)40-27-37-36-25-29-15-4-5-16-30(29)26-42(36)47-43(37)34-20-7-6-18-32(34)40/h1-24,26-27,33,36,41H,25H2. The summed E-state index contributed by atoms with van der Waals surface area (Å²) in [6, 6.07) is 45.8. The lowest BCUT2D eigenvalue weighted by molar-refractivity contribution is 0.269. The highest BCUT2D eigenvalue weighted by molar-refractivity contribution is 6.05. The van der Waals surface area contributed by atoms with Crippen molar-refractivity contribution in [3.8, 4) is 22.6 Å². The van der Waals surface area contributed by atoms with Gasteiger partial charge in [-0.1, -0.05) is 127 Å². The van der Waals surface area contributed by atoms with E-state index in [-0.39, 0.29) is 17.9 Å². The largest absolute Gasteiger partial charge is 0.483 e. The van der Waals surface area contributed by atoms with Gasteiger partial charge in [0.25, 0.3) is 0 Å². The Morgan fingerprint density at radius 2 is 1.36 bits per heavy atom. The van der Waals surface area contributed by atoms with Gasteiger partial charge in [-0.2, -0.15) is 0 Å². The quantitative estimate of drug-likeness (QED) is 0.200. The van der Waals surface area contributed by atoms with Gasteiger partial charge in [-0.25, -0.2) is 0 Å². The molecular weight excluding hydrogens is 574 g/mol. The first-order chi connectivity index (χ1) is 23.3. The Hall–Kier alpha value is -5.80. The number of nitrogens with zero attached hydrogens (tertiary/aromatic N) is 1. The molecule has 0 amide bonds. The number of rotatable bonds is 4. The molecule has 3 nitrogen and oxygen atoms in total. The van der Waals surface area contributed by atoms with E-state index in [1.54, 1.807) is 0 Å². The molecule has 3 unspecified atom stereocenters. The van der Waals surface area contributed by atoms with Crippen LogP contribution in [0.1, 0.15) is 34.1 Å². The minimum atomic E-state index is -0.0115. The molecule has 224 valence electrons. The molecule has 0 fully saturated rings. The summed E-state index contributed by atoms with van der Waals surface area (Å²) in [4.78, 5) is 2.44. The van der Waals surface area contributed by atoms with Crippen molar-refractivity contribution in [2.45, 2.75) is 24.4 Å². The van der Waals surface area contributed by atoms with Gasteiger partial charge in [0.15, 0.2) is 0 Å². The van der Waals surface area contributed by atoms with Crippen LogP contribution in [0.4, 0.5) is 17.1 Å². The van der Waals surface area contributed by atoms with Gasteiger partial charge in [-0.05, 0) is 53.5 Å². The molecule has 6 aromatic rings. The normalized spacial score (nSPS) is 19.5. The molecule has 0 N–H and O–H groups in total. The van der Waals surface area contributed by atoms with Crippen molar-refractivity contribution in [1.29, 1.82) is 0 Å². The Morgan fingerprint density at radius 3 is 2.30 bits per heavy atom. The van der Waals surface area contributed by atoms with Gasteiger partial charge >= 0.3 is 0 Å². The number of anilines is 3. The van der Waals surface area contributed by atoms with Crippen LogP contribution in [-0.4, -0.2) is 6.10 Å². The molecule has 3 atom stereocenters. The van der Waals surface area contributed by atoms with Crippen molar-refractivity contribution >= 4 is 33.9 Å². The first-order valence-corrected chi connectivity index (χ1v) is 16.4. The predicted octanol–water partition coefficient (Wildman–Crippen LogP) is 11.0. The van der Waals surface area contributed by atoms with Crippen molar-refractivity contribution in [2.24, 2.45) is 0 Å². The van der Waals surface area contributed by atoms with Crippen LogP contribution in [0.25, 0.3) is 28.0 Å². The molecule has 2 aliphatic heterocycles. The molecule has 4 aliphatic rings. The Morgan fingerprint density at radius 1 is 0.596 bits per heavy atom.